The lowest BCUT2D eigenvalue weighted by atomic mass is 9.76. The molecule has 0 radical (unpaired) electrons. The molecule has 2 saturated carbocycles. The zero-order valence-corrected chi connectivity index (χ0v) is 11.1. The summed E-state index contributed by atoms with van der Waals surface area (Å²) in [4.78, 5) is 11.7. The fourth-order valence-electron chi connectivity index (χ4n) is 2.42. The van der Waals surface area contributed by atoms with Crippen LogP contribution in [0.4, 0.5) is 0 Å². The summed E-state index contributed by atoms with van der Waals surface area (Å²) in [5.74, 6) is 0.656. The molecule has 2 fully saturated rings. The predicted octanol–water partition coefficient (Wildman–Crippen LogP) is 1.96. The SMILES string of the molecule is Cl.NC1(C(=O)NC2CC(c3ccccc3)C2)CC1. The van der Waals surface area contributed by atoms with Crippen LogP contribution in [0, 0.1) is 0 Å². The molecule has 0 heterocycles. The molecule has 2 aliphatic carbocycles. The van der Waals surface area contributed by atoms with Gasteiger partial charge in [-0.1, -0.05) is 30.3 Å². The highest BCUT2D eigenvalue weighted by molar-refractivity contribution is 5.89. The van der Waals surface area contributed by atoms with E-state index in [1.165, 1.54) is 5.56 Å². The Labute approximate surface area is 114 Å². The average Bonchev–Trinajstić information content (AvgIpc) is 3.03. The van der Waals surface area contributed by atoms with Crippen LogP contribution in [-0.4, -0.2) is 17.5 Å². The van der Waals surface area contributed by atoms with Crippen molar-refractivity contribution in [2.24, 2.45) is 5.73 Å². The summed E-state index contributed by atoms with van der Waals surface area (Å²) < 4.78 is 0. The molecule has 4 heteroatoms. The summed E-state index contributed by atoms with van der Waals surface area (Å²) in [6, 6.07) is 10.8. The van der Waals surface area contributed by atoms with E-state index in [1.807, 2.05) is 6.07 Å². The van der Waals surface area contributed by atoms with Gasteiger partial charge in [-0.25, -0.2) is 0 Å². The largest absolute Gasteiger partial charge is 0.352 e. The molecule has 3 nitrogen and oxygen atoms in total. The Balaban J connectivity index is 0.00000120. The van der Waals surface area contributed by atoms with E-state index in [-0.39, 0.29) is 18.3 Å². The number of carbonyl (C=O) groups is 1. The minimum absolute atomic E-state index is 0. The number of hydrogen-bond acceptors (Lipinski definition) is 2. The normalized spacial score (nSPS) is 27.6. The number of amides is 1. The molecular formula is C14H19ClN2O. The van der Waals surface area contributed by atoms with Gasteiger partial charge in [0.05, 0.1) is 5.54 Å². The van der Waals surface area contributed by atoms with Crippen LogP contribution in [0.15, 0.2) is 30.3 Å². The van der Waals surface area contributed by atoms with E-state index >= 15 is 0 Å². The summed E-state index contributed by atoms with van der Waals surface area (Å²) in [7, 11) is 0. The highest BCUT2D eigenvalue weighted by atomic mass is 35.5. The molecule has 0 bridgehead atoms. The van der Waals surface area contributed by atoms with Gasteiger partial charge < -0.3 is 11.1 Å². The molecule has 18 heavy (non-hydrogen) atoms. The van der Waals surface area contributed by atoms with E-state index in [2.05, 4.69) is 29.6 Å². The van der Waals surface area contributed by atoms with Crippen molar-refractivity contribution >= 4 is 18.3 Å². The quantitative estimate of drug-likeness (QED) is 0.879. The van der Waals surface area contributed by atoms with E-state index in [1.54, 1.807) is 0 Å². The second kappa shape index (κ2) is 4.90. The molecule has 1 amide bonds. The Morgan fingerprint density at radius 3 is 2.39 bits per heavy atom. The standard InChI is InChI=1S/C14H18N2O.ClH/c15-14(6-7-14)13(17)16-12-8-11(9-12)10-4-2-1-3-5-10;/h1-5,11-12H,6-9,15H2,(H,16,17);1H. The maximum absolute atomic E-state index is 11.7. The van der Waals surface area contributed by atoms with E-state index in [4.69, 9.17) is 5.73 Å². The number of halogens is 1. The second-order valence-corrected chi connectivity index (χ2v) is 5.41. The monoisotopic (exact) mass is 266 g/mol. The minimum atomic E-state index is -0.530. The van der Waals surface area contributed by atoms with Gasteiger partial charge in [0.1, 0.15) is 0 Å². The molecular weight excluding hydrogens is 248 g/mol. The number of benzene rings is 1. The van der Waals surface area contributed by atoms with Crippen LogP contribution >= 0.6 is 12.4 Å². The van der Waals surface area contributed by atoms with Crippen LogP contribution in [0.5, 0.6) is 0 Å². The molecule has 3 N–H and O–H groups in total. The van der Waals surface area contributed by atoms with Crippen molar-refractivity contribution in [3.8, 4) is 0 Å². The molecule has 0 unspecified atom stereocenters. The molecule has 0 spiro atoms. The van der Waals surface area contributed by atoms with Gasteiger partial charge in [0.15, 0.2) is 0 Å². The molecule has 98 valence electrons. The zero-order chi connectivity index (χ0) is 11.9. The van der Waals surface area contributed by atoms with Crippen molar-refractivity contribution in [3.05, 3.63) is 35.9 Å². The molecule has 1 aromatic rings. The van der Waals surface area contributed by atoms with Crippen molar-refractivity contribution in [1.82, 2.24) is 5.32 Å². The summed E-state index contributed by atoms with van der Waals surface area (Å²) in [6.45, 7) is 0. The first-order chi connectivity index (χ1) is 8.17. The molecule has 0 aliphatic heterocycles. The summed E-state index contributed by atoms with van der Waals surface area (Å²) >= 11 is 0. The molecule has 3 rings (SSSR count). The topological polar surface area (TPSA) is 55.1 Å². The highest BCUT2D eigenvalue weighted by Gasteiger charge is 2.47. The molecule has 0 aromatic heterocycles. The van der Waals surface area contributed by atoms with Crippen molar-refractivity contribution in [1.29, 1.82) is 0 Å². The Bertz CT molecular complexity index is 425. The molecule has 0 atom stereocenters. The molecule has 1 aromatic carbocycles. The fourth-order valence-corrected chi connectivity index (χ4v) is 2.42. The third-order valence-corrected chi connectivity index (χ3v) is 3.99. The number of carbonyl (C=O) groups excluding carboxylic acids is 1. The Morgan fingerprint density at radius 2 is 1.83 bits per heavy atom. The first-order valence-electron chi connectivity index (χ1n) is 6.32. The summed E-state index contributed by atoms with van der Waals surface area (Å²) in [6.07, 6.45) is 3.78. The Morgan fingerprint density at radius 1 is 1.22 bits per heavy atom. The number of hydrogen-bond donors (Lipinski definition) is 2. The van der Waals surface area contributed by atoms with Gasteiger partial charge in [-0.15, -0.1) is 12.4 Å². The van der Waals surface area contributed by atoms with Crippen LogP contribution in [-0.2, 0) is 4.79 Å². The zero-order valence-electron chi connectivity index (χ0n) is 10.3. The Kier molecular flexibility index (Phi) is 3.64. The van der Waals surface area contributed by atoms with Gasteiger partial charge >= 0.3 is 0 Å². The highest BCUT2D eigenvalue weighted by Crippen LogP contribution is 2.38. The minimum Gasteiger partial charge on any atom is -0.352 e. The molecule has 0 saturated heterocycles. The van der Waals surface area contributed by atoms with Crippen molar-refractivity contribution in [2.45, 2.75) is 43.2 Å². The third-order valence-electron chi connectivity index (χ3n) is 3.99. The lowest BCUT2D eigenvalue weighted by Gasteiger charge is -2.36. The van der Waals surface area contributed by atoms with Crippen LogP contribution in [0.25, 0.3) is 0 Å². The Hall–Kier alpha value is -1.06. The van der Waals surface area contributed by atoms with Gasteiger partial charge in [-0.2, -0.15) is 0 Å². The first kappa shape index (κ1) is 13.4. The predicted molar refractivity (Wildman–Crippen MR) is 73.7 cm³/mol. The van der Waals surface area contributed by atoms with Gasteiger partial charge in [0.2, 0.25) is 5.91 Å². The maximum Gasteiger partial charge on any atom is 0.240 e. The van der Waals surface area contributed by atoms with E-state index in [0.29, 0.717) is 12.0 Å². The van der Waals surface area contributed by atoms with Gasteiger partial charge in [0, 0.05) is 6.04 Å². The fraction of sp³-hybridized carbons (Fsp3) is 0.500. The van der Waals surface area contributed by atoms with Crippen molar-refractivity contribution < 1.29 is 4.79 Å². The smallest absolute Gasteiger partial charge is 0.240 e. The number of nitrogens with one attached hydrogen (secondary N) is 1. The third kappa shape index (κ3) is 2.52. The lowest BCUT2D eigenvalue weighted by Crippen LogP contribution is -2.51. The van der Waals surface area contributed by atoms with Gasteiger partial charge in [-0.05, 0) is 37.2 Å². The first-order valence-corrected chi connectivity index (χ1v) is 6.32. The maximum atomic E-state index is 11.7. The van der Waals surface area contributed by atoms with Crippen LogP contribution in [0.1, 0.15) is 37.2 Å². The van der Waals surface area contributed by atoms with Crippen LogP contribution in [0.2, 0.25) is 0 Å². The second-order valence-electron chi connectivity index (χ2n) is 5.41. The van der Waals surface area contributed by atoms with Crippen molar-refractivity contribution in [3.63, 3.8) is 0 Å². The lowest BCUT2D eigenvalue weighted by molar-refractivity contribution is -0.124. The molecule has 2 aliphatic rings. The van der Waals surface area contributed by atoms with E-state index < -0.39 is 5.54 Å². The average molecular weight is 267 g/mol. The number of rotatable bonds is 3. The van der Waals surface area contributed by atoms with Crippen LogP contribution in [0.3, 0.4) is 0 Å². The van der Waals surface area contributed by atoms with E-state index in [0.717, 1.165) is 25.7 Å². The summed E-state index contributed by atoms with van der Waals surface area (Å²) in [5.41, 5.74) is 6.70. The van der Waals surface area contributed by atoms with Crippen molar-refractivity contribution in [2.75, 3.05) is 0 Å². The number of nitrogens with two attached hydrogens (primary N) is 1. The van der Waals surface area contributed by atoms with E-state index in [9.17, 15) is 4.79 Å². The van der Waals surface area contributed by atoms with Crippen LogP contribution < -0.4 is 11.1 Å². The van der Waals surface area contributed by atoms with Gasteiger partial charge in [-0.3, -0.25) is 4.79 Å². The van der Waals surface area contributed by atoms with Gasteiger partial charge in [0.25, 0.3) is 0 Å². The summed E-state index contributed by atoms with van der Waals surface area (Å²) in [5, 5.41) is 3.05.